The van der Waals surface area contributed by atoms with Crippen LogP contribution in [-0.4, -0.2) is 33.4 Å². The van der Waals surface area contributed by atoms with Gasteiger partial charge in [-0.25, -0.2) is 4.98 Å². The summed E-state index contributed by atoms with van der Waals surface area (Å²) in [5.74, 6) is 1.55. The molecule has 1 fully saturated rings. The van der Waals surface area contributed by atoms with Crippen molar-refractivity contribution in [3.05, 3.63) is 59.8 Å². The summed E-state index contributed by atoms with van der Waals surface area (Å²) in [7, 11) is 0. The third-order valence-corrected chi connectivity index (χ3v) is 6.12. The lowest BCUT2D eigenvalue weighted by molar-refractivity contribution is -0.133. The molecule has 0 saturated carbocycles. The summed E-state index contributed by atoms with van der Waals surface area (Å²) in [6.07, 6.45) is 1.90. The summed E-state index contributed by atoms with van der Waals surface area (Å²) < 4.78 is 0. The average Bonchev–Trinajstić information content (AvgIpc) is 3.14. The number of likely N-dealkylation sites (tertiary alicyclic amines) is 1. The molecule has 2 aliphatic heterocycles. The molecule has 0 aliphatic carbocycles. The number of rotatable bonds is 2. The van der Waals surface area contributed by atoms with Gasteiger partial charge >= 0.3 is 0 Å². The van der Waals surface area contributed by atoms with Crippen molar-refractivity contribution in [1.82, 2.24) is 9.88 Å². The minimum Gasteiger partial charge on any atom is -0.354 e. The lowest BCUT2D eigenvalue weighted by atomic mass is 9.74. The Balaban J connectivity index is 1.93. The van der Waals surface area contributed by atoms with Gasteiger partial charge in [0.05, 0.1) is 12.2 Å². The molecule has 1 saturated heterocycles. The number of carbonyl (C=O) groups excluding carboxylic acids is 1. The number of aromatic nitrogens is 1. The van der Waals surface area contributed by atoms with E-state index in [1.54, 1.807) is 0 Å². The average molecular weight is 378 g/mol. The van der Waals surface area contributed by atoms with Crippen LogP contribution in [0, 0.1) is 5.41 Å². The number of ketones is 1. The second-order valence-corrected chi connectivity index (χ2v) is 10.1. The van der Waals surface area contributed by atoms with Gasteiger partial charge in [-0.3, -0.25) is 9.69 Å². The fraction of sp³-hybridized carbons (Fsp3) is 0.500. The topological polar surface area (TPSA) is 45.2 Å². The molecule has 0 amide bonds. The molecule has 0 radical (unpaired) electrons. The lowest BCUT2D eigenvalue weighted by Gasteiger charge is -2.42. The van der Waals surface area contributed by atoms with Crippen molar-refractivity contribution in [2.75, 3.05) is 5.32 Å². The number of nitrogens with zero attached hydrogens (tertiary/aromatic N) is 2. The smallest absolute Gasteiger partial charge is 0.155 e. The van der Waals surface area contributed by atoms with Gasteiger partial charge in [0.25, 0.3) is 0 Å². The summed E-state index contributed by atoms with van der Waals surface area (Å²) in [4.78, 5) is 20.8. The Labute approximate surface area is 168 Å². The molecule has 1 aromatic carbocycles. The van der Waals surface area contributed by atoms with E-state index in [0.29, 0.717) is 5.78 Å². The Bertz CT molecular complexity index is 879. The molecular formula is C24H31N3O. The number of anilines is 1. The molecule has 4 rings (SSSR count). The number of hydrogen-bond donors (Lipinski definition) is 1. The lowest BCUT2D eigenvalue weighted by Crippen LogP contribution is -2.56. The molecule has 28 heavy (non-hydrogen) atoms. The summed E-state index contributed by atoms with van der Waals surface area (Å²) in [5.41, 5.74) is 1.88. The summed E-state index contributed by atoms with van der Waals surface area (Å²) in [6, 6.07) is 14.5. The van der Waals surface area contributed by atoms with E-state index < -0.39 is 5.41 Å². The molecule has 1 aromatic heterocycles. The maximum Gasteiger partial charge on any atom is 0.155 e. The number of fused-ring (bicyclic) bond motifs is 3. The predicted octanol–water partition coefficient (Wildman–Crippen LogP) is 4.80. The Morgan fingerprint density at radius 1 is 0.964 bits per heavy atom. The van der Waals surface area contributed by atoms with Crippen LogP contribution in [0.3, 0.4) is 0 Å². The zero-order valence-electron chi connectivity index (χ0n) is 17.7. The molecule has 0 bridgehead atoms. The second-order valence-electron chi connectivity index (χ2n) is 10.1. The molecule has 0 spiro atoms. The van der Waals surface area contributed by atoms with Crippen molar-refractivity contribution in [1.29, 1.82) is 0 Å². The van der Waals surface area contributed by atoms with Gasteiger partial charge in [0.15, 0.2) is 5.78 Å². The Hall–Kier alpha value is -2.20. The van der Waals surface area contributed by atoms with Crippen molar-refractivity contribution in [3.8, 4) is 0 Å². The molecule has 2 aromatic rings. The van der Waals surface area contributed by atoms with Crippen LogP contribution >= 0.6 is 0 Å². The third-order valence-electron chi connectivity index (χ3n) is 6.12. The van der Waals surface area contributed by atoms with Crippen LogP contribution in [0.5, 0.6) is 0 Å². The number of hydrogen-bond acceptors (Lipinski definition) is 4. The first-order valence-electron chi connectivity index (χ1n) is 10.2. The van der Waals surface area contributed by atoms with E-state index in [1.165, 1.54) is 11.1 Å². The van der Waals surface area contributed by atoms with Crippen molar-refractivity contribution < 1.29 is 4.79 Å². The van der Waals surface area contributed by atoms with Crippen LogP contribution in [0.25, 0.3) is 0 Å². The molecular weight excluding hydrogens is 346 g/mol. The minimum absolute atomic E-state index is 0.0615. The monoisotopic (exact) mass is 377 g/mol. The molecule has 4 nitrogen and oxygen atoms in total. The highest BCUT2D eigenvalue weighted by Gasteiger charge is 2.59. The van der Waals surface area contributed by atoms with Gasteiger partial charge in [-0.2, -0.15) is 0 Å². The van der Waals surface area contributed by atoms with Gasteiger partial charge in [0, 0.05) is 34.6 Å². The number of benzene rings is 1. The number of Topliss-reactive ketones (excluding diaryl/α,β-unsaturated/α-hetero) is 1. The molecule has 4 unspecified atom stereocenters. The minimum atomic E-state index is -0.405. The standard InChI is InChI=1S/C24H31N3O/c1-23(2,3)20(28)19-17(15-11-8-7-9-12-15)18-16-13-10-14-25-21(16)26-22(18)27(19)24(4,5)6/h7-14,17-19,22H,1-6H3,(H,25,26). The van der Waals surface area contributed by atoms with E-state index in [-0.39, 0.29) is 29.6 Å². The van der Waals surface area contributed by atoms with Gasteiger partial charge in [0.2, 0.25) is 0 Å². The maximum atomic E-state index is 13.8. The van der Waals surface area contributed by atoms with E-state index in [2.05, 4.69) is 66.3 Å². The molecule has 2 aliphatic rings. The number of pyridine rings is 1. The zero-order valence-corrected chi connectivity index (χ0v) is 17.7. The van der Waals surface area contributed by atoms with Gasteiger partial charge < -0.3 is 5.32 Å². The van der Waals surface area contributed by atoms with E-state index in [0.717, 1.165) is 5.82 Å². The van der Waals surface area contributed by atoms with E-state index in [1.807, 2.05) is 39.1 Å². The van der Waals surface area contributed by atoms with Gasteiger partial charge in [0.1, 0.15) is 5.82 Å². The molecule has 1 N–H and O–H groups in total. The molecule has 4 atom stereocenters. The van der Waals surface area contributed by atoms with Crippen LogP contribution in [0.4, 0.5) is 5.82 Å². The van der Waals surface area contributed by atoms with E-state index in [4.69, 9.17) is 0 Å². The van der Waals surface area contributed by atoms with E-state index >= 15 is 0 Å². The van der Waals surface area contributed by atoms with Crippen molar-refractivity contribution in [3.63, 3.8) is 0 Å². The van der Waals surface area contributed by atoms with Crippen LogP contribution < -0.4 is 5.32 Å². The third kappa shape index (κ3) is 2.95. The van der Waals surface area contributed by atoms with Gasteiger partial charge in [-0.15, -0.1) is 0 Å². The van der Waals surface area contributed by atoms with Crippen LogP contribution in [-0.2, 0) is 4.79 Å². The summed E-state index contributed by atoms with van der Waals surface area (Å²) >= 11 is 0. The highest BCUT2D eigenvalue weighted by Crippen LogP contribution is 2.56. The second kappa shape index (κ2) is 6.41. The number of carbonyl (C=O) groups is 1. The summed E-state index contributed by atoms with van der Waals surface area (Å²) in [5, 5.41) is 3.65. The fourth-order valence-electron chi connectivity index (χ4n) is 5.01. The zero-order chi connectivity index (χ0) is 20.3. The first kappa shape index (κ1) is 19.1. The van der Waals surface area contributed by atoms with Crippen LogP contribution in [0.1, 0.15) is 64.5 Å². The van der Waals surface area contributed by atoms with Crippen molar-refractivity contribution >= 4 is 11.6 Å². The largest absolute Gasteiger partial charge is 0.354 e. The normalized spacial score (nSPS) is 27.2. The highest BCUT2D eigenvalue weighted by molar-refractivity contribution is 5.91. The van der Waals surface area contributed by atoms with Crippen molar-refractivity contribution in [2.45, 2.75) is 71.1 Å². The Morgan fingerprint density at radius 2 is 1.64 bits per heavy atom. The highest BCUT2D eigenvalue weighted by atomic mass is 16.1. The van der Waals surface area contributed by atoms with Crippen LogP contribution in [0.15, 0.2) is 48.7 Å². The van der Waals surface area contributed by atoms with Gasteiger partial charge in [-0.1, -0.05) is 57.2 Å². The van der Waals surface area contributed by atoms with Crippen LogP contribution in [0.2, 0.25) is 0 Å². The predicted molar refractivity (Wildman–Crippen MR) is 113 cm³/mol. The fourth-order valence-corrected chi connectivity index (χ4v) is 5.01. The van der Waals surface area contributed by atoms with Crippen molar-refractivity contribution in [2.24, 2.45) is 5.41 Å². The maximum absolute atomic E-state index is 13.8. The summed E-state index contributed by atoms with van der Waals surface area (Å²) in [6.45, 7) is 12.7. The first-order valence-corrected chi connectivity index (χ1v) is 10.2. The number of nitrogens with one attached hydrogen (secondary N) is 1. The van der Waals surface area contributed by atoms with Gasteiger partial charge in [-0.05, 0) is 32.4 Å². The SMILES string of the molecule is CC(C)(C)C(=O)C1C(c2ccccc2)C2c3cccnc3NC2N1C(C)(C)C. The molecule has 148 valence electrons. The quantitative estimate of drug-likeness (QED) is 0.817. The Kier molecular flexibility index (Phi) is 4.38. The molecule has 3 heterocycles. The Morgan fingerprint density at radius 3 is 2.25 bits per heavy atom. The first-order chi connectivity index (χ1) is 13.1. The molecule has 4 heteroatoms. The van der Waals surface area contributed by atoms with E-state index in [9.17, 15) is 4.79 Å².